The monoisotopic (exact) mass is 330 g/mol. The maximum absolute atomic E-state index is 6.37. The van der Waals surface area contributed by atoms with Crippen LogP contribution in [0.5, 0.6) is 0 Å². The van der Waals surface area contributed by atoms with Crippen LogP contribution in [0.3, 0.4) is 0 Å². The number of nitrogens with two attached hydrogens (primary N) is 1. The van der Waals surface area contributed by atoms with Gasteiger partial charge in [0.05, 0.1) is 20.6 Å². The van der Waals surface area contributed by atoms with E-state index in [0.29, 0.717) is 27.1 Å². The van der Waals surface area contributed by atoms with Gasteiger partial charge in [0, 0.05) is 11.1 Å². The number of hydrogen-bond acceptors (Lipinski definition) is 2. The molecule has 0 atom stereocenters. The van der Waals surface area contributed by atoms with E-state index >= 15 is 0 Å². The summed E-state index contributed by atoms with van der Waals surface area (Å²) in [5.74, 6) is 0. The lowest BCUT2D eigenvalue weighted by molar-refractivity contribution is 0.378. The molecule has 0 saturated carbocycles. The molecule has 5 heteroatoms. The van der Waals surface area contributed by atoms with Crippen molar-refractivity contribution < 1.29 is 0 Å². The van der Waals surface area contributed by atoms with Crippen molar-refractivity contribution in [2.75, 3.05) is 6.54 Å². The summed E-state index contributed by atoms with van der Waals surface area (Å²) in [5.41, 5.74) is 8.49. The SMILES string of the molecule is Cc1cc(CC(C)(C)CN)c2c(Cl)c(Cl)cc(Cl)c2n1. The van der Waals surface area contributed by atoms with Crippen LogP contribution in [0, 0.1) is 12.3 Å². The van der Waals surface area contributed by atoms with Gasteiger partial charge in [0.25, 0.3) is 0 Å². The Labute approximate surface area is 134 Å². The Hall–Kier alpha value is -0.540. The molecule has 2 aromatic rings. The van der Waals surface area contributed by atoms with Gasteiger partial charge >= 0.3 is 0 Å². The largest absolute Gasteiger partial charge is 0.330 e. The van der Waals surface area contributed by atoms with E-state index in [1.54, 1.807) is 6.07 Å². The van der Waals surface area contributed by atoms with Gasteiger partial charge < -0.3 is 5.73 Å². The molecule has 108 valence electrons. The summed E-state index contributed by atoms with van der Waals surface area (Å²) in [7, 11) is 0. The fraction of sp³-hybridized carbons (Fsp3) is 0.400. The van der Waals surface area contributed by atoms with Crippen molar-refractivity contribution in [3.05, 3.63) is 38.5 Å². The Bertz CT molecular complexity index is 666. The van der Waals surface area contributed by atoms with E-state index < -0.39 is 0 Å². The lowest BCUT2D eigenvalue weighted by Gasteiger charge is -2.24. The first-order valence-electron chi connectivity index (χ1n) is 6.39. The second-order valence-electron chi connectivity index (χ2n) is 5.85. The summed E-state index contributed by atoms with van der Waals surface area (Å²) in [6, 6.07) is 3.66. The van der Waals surface area contributed by atoms with Crippen LogP contribution in [0.25, 0.3) is 10.9 Å². The van der Waals surface area contributed by atoms with Crippen molar-refractivity contribution in [2.45, 2.75) is 27.2 Å². The number of pyridine rings is 1. The van der Waals surface area contributed by atoms with Gasteiger partial charge in [-0.05, 0) is 43.0 Å². The maximum Gasteiger partial charge on any atom is 0.0910 e. The second-order valence-corrected chi connectivity index (χ2v) is 7.04. The fourth-order valence-corrected chi connectivity index (χ4v) is 3.02. The number of nitrogens with zero attached hydrogens (tertiary/aromatic N) is 1. The van der Waals surface area contributed by atoms with E-state index in [4.69, 9.17) is 40.5 Å². The van der Waals surface area contributed by atoms with Crippen molar-refractivity contribution in [1.82, 2.24) is 4.98 Å². The highest BCUT2D eigenvalue weighted by Gasteiger charge is 2.21. The molecule has 1 aromatic heterocycles. The third kappa shape index (κ3) is 3.04. The highest BCUT2D eigenvalue weighted by molar-refractivity contribution is 6.47. The van der Waals surface area contributed by atoms with E-state index in [2.05, 4.69) is 18.8 Å². The minimum atomic E-state index is -0.0289. The Balaban J connectivity index is 2.76. The van der Waals surface area contributed by atoms with Crippen molar-refractivity contribution >= 4 is 45.7 Å². The quantitative estimate of drug-likeness (QED) is 0.801. The van der Waals surface area contributed by atoms with Gasteiger partial charge in [-0.1, -0.05) is 48.7 Å². The highest BCUT2D eigenvalue weighted by atomic mass is 35.5. The summed E-state index contributed by atoms with van der Waals surface area (Å²) >= 11 is 18.8. The van der Waals surface area contributed by atoms with Crippen LogP contribution in [0.2, 0.25) is 15.1 Å². The summed E-state index contributed by atoms with van der Waals surface area (Å²) in [5, 5.41) is 2.30. The Morgan fingerprint density at radius 2 is 1.80 bits per heavy atom. The van der Waals surface area contributed by atoms with Crippen LogP contribution in [0.4, 0.5) is 0 Å². The van der Waals surface area contributed by atoms with Gasteiger partial charge in [-0.15, -0.1) is 0 Å². The first-order valence-corrected chi connectivity index (χ1v) is 7.52. The molecule has 0 spiro atoms. The molecule has 0 unspecified atom stereocenters. The molecular formula is C15H17Cl3N2. The molecule has 0 saturated heterocycles. The van der Waals surface area contributed by atoms with Crippen LogP contribution < -0.4 is 5.73 Å². The average Bonchev–Trinajstić information content (AvgIpc) is 2.35. The molecule has 2 rings (SSSR count). The zero-order chi connectivity index (χ0) is 15.1. The number of fused-ring (bicyclic) bond motifs is 1. The first-order chi connectivity index (χ1) is 9.25. The van der Waals surface area contributed by atoms with E-state index in [1.807, 2.05) is 13.0 Å². The van der Waals surface area contributed by atoms with Crippen LogP contribution in [0.1, 0.15) is 25.1 Å². The van der Waals surface area contributed by atoms with Crippen LogP contribution in [0.15, 0.2) is 12.1 Å². The van der Waals surface area contributed by atoms with Gasteiger partial charge in [-0.2, -0.15) is 0 Å². The predicted molar refractivity (Wildman–Crippen MR) is 88.0 cm³/mol. The molecule has 2 N–H and O–H groups in total. The molecule has 1 aromatic carbocycles. The molecule has 0 bridgehead atoms. The molecular weight excluding hydrogens is 315 g/mol. The lowest BCUT2D eigenvalue weighted by Crippen LogP contribution is -2.26. The van der Waals surface area contributed by atoms with Crippen molar-refractivity contribution in [2.24, 2.45) is 11.1 Å². The van der Waals surface area contributed by atoms with Gasteiger partial charge in [0.2, 0.25) is 0 Å². The van der Waals surface area contributed by atoms with E-state index in [0.717, 1.165) is 23.1 Å². The molecule has 20 heavy (non-hydrogen) atoms. The lowest BCUT2D eigenvalue weighted by atomic mass is 9.84. The van der Waals surface area contributed by atoms with Crippen LogP contribution in [-0.4, -0.2) is 11.5 Å². The van der Waals surface area contributed by atoms with Crippen LogP contribution >= 0.6 is 34.8 Å². The molecule has 0 amide bonds. The number of aryl methyl sites for hydroxylation is 1. The van der Waals surface area contributed by atoms with Crippen molar-refractivity contribution in [3.8, 4) is 0 Å². The number of benzene rings is 1. The minimum absolute atomic E-state index is 0.0289. The minimum Gasteiger partial charge on any atom is -0.330 e. The molecule has 0 radical (unpaired) electrons. The Morgan fingerprint density at radius 1 is 1.15 bits per heavy atom. The normalized spacial score (nSPS) is 12.2. The molecule has 1 heterocycles. The molecule has 2 nitrogen and oxygen atoms in total. The number of aromatic nitrogens is 1. The van der Waals surface area contributed by atoms with E-state index in [9.17, 15) is 0 Å². The topological polar surface area (TPSA) is 38.9 Å². The molecule has 0 aliphatic rings. The molecule has 0 aliphatic heterocycles. The standard InChI is InChI=1S/C15H17Cl3N2/c1-8-4-9(6-15(2,3)7-19)12-13(18)10(16)5-11(17)14(12)20-8/h4-5H,6-7,19H2,1-3H3. The summed E-state index contributed by atoms with van der Waals surface area (Å²) in [4.78, 5) is 4.49. The van der Waals surface area contributed by atoms with Crippen molar-refractivity contribution in [1.29, 1.82) is 0 Å². The fourth-order valence-electron chi connectivity index (χ4n) is 2.25. The number of rotatable bonds is 3. The average molecular weight is 332 g/mol. The molecule has 0 aliphatic carbocycles. The summed E-state index contributed by atoms with van der Waals surface area (Å²) in [6.45, 7) is 6.77. The predicted octanol–water partition coefficient (Wildman–Crippen LogP) is 5.03. The van der Waals surface area contributed by atoms with Gasteiger partial charge in [-0.3, -0.25) is 4.98 Å². The second kappa shape index (κ2) is 5.69. The third-order valence-electron chi connectivity index (χ3n) is 3.36. The van der Waals surface area contributed by atoms with Gasteiger partial charge in [-0.25, -0.2) is 0 Å². The highest BCUT2D eigenvalue weighted by Crippen LogP contribution is 2.38. The summed E-state index contributed by atoms with van der Waals surface area (Å²) < 4.78 is 0. The maximum atomic E-state index is 6.37. The number of halogens is 3. The number of hydrogen-bond donors (Lipinski definition) is 1. The smallest absolute Gasteiger partial charge is 0.0910 e. The first kappa shape index (κ1) is 15.8. The van der Waals surface area contributed by atoms with E-state index in [1.165, 1.54) is 0 Å². The zero-order valence-corrected chi connectivity index (χ0v) is 14.0. The zero-order valence-electron chi connectivity index (χ0n) is 11.7. The molecule has 0 fully saturated rings. The van der Waals surface area contributed by atoms with Crippen molar-refractivity contribution in [3.63, 3.8) is 0 Å². The Kier molecular flexibility index (Phi) is 4.50. The van der Waals surface area contributed by atoms with Crippen LogP contribution in [-0.2, 0) is 6.42 Å². The van der Waals surface area contributed by atoms with E-state index in [-0.39, 0.29) is 5.41 Å². The Morgan fingerprint density at radius 3 is 2.40 bits per heavy atom. The third-order valence-corrected chi connectivity index (χ3v) is 4.44. The van der Waals surface area contributed by atoms with Gasteiger partial charge in [0.15, 0.2) is 0 Å². The van der Waals surface area contributed by atoms with Gasteiger partial charge in [0.1, 0.15) is 0 Å². The summed E-state index contributed by atoms with van der Waals surface area (Å²) in [6.07, 6.45) is 0.791.